The van der Waals surface area contributed by atoms with E-state index in [9.17, 15) is 15.2 Å². The Balaban J connectivity index is 1.86. The first-order valence-corrected chi connectivity index (χ1v) is 8.33. The standard InChI is InChI=1S/C20H20N2O3/c1-14-10-11-22(13-17(14)23)20(24)16-7-3-5-9-19(16)25-18-8-4-2-6-15(18)12-21/h2-9,14,17,23H,10-11,13H2,1H3. The average Bonchev–Trinajstić information content (AvgIpc) is 2.64. The molecule has 0 spiro atoms. The molecular formula is C20H20N2O3. The Bertz CT molecular complexity index is 813. The molecule has 0 saturated carbocycles. The molecule has 1 amide bonds. The van der Waals surface area contributed by atoms with Gasteiger partial charge in [-0.05, 0) is 36.6 Å². The van der Waals surface area contributed by atoms with E-state index in [0.29, 0.717) is 35.7 Å². The fraction of sp³-hybridized carbons (Fsp3) is 0.300. The van der Waals surface area contributed by atoms with Crippen LogP contribution in [0.25, 0.3) is 0 Å². The average molecular weight is 336 g/mol. The number of aliphatic hydroxyl groups is 1. The number of hydrogen-bond donors (Lipinski definition) is 1. The number of nitrogens with zero attached hydrogens (tertiary/aromatic N) is 2. The highest BCUT2D eigenvalue weighted by atomic mass is 16.5. The van der Waals surface area contributed by atoms with Crippen LogP contribution >= 0.6 is 0 Å². The van der Waals surface area contributed by atoms with E-state index in [0.717, 1.165) is 6.42 Å². The third-order valence-electron chi connectivity index (χ3n) is 4.55. The van der Waals surface area contributed by atoms with Gasteiger partial charge in [-0.2, -0.15) is 5.26 Å². The summed E-state index contributed by atoms with van der Waals surface area (Å²) in [6.07, 6.45) is 0.262. The van der Waals surface area contributed by atoms with Crippen molar-refractivity contribution < 1.29 is 14.6 Å². The minimum Gasteiger partial charge on any atom is -0.455 e. The summed E-state index contributed by atoms with van der Waals surface area (Å²) in [6, 6.07) is 16.0. The van der Waals surface area contributed by atoms with Gasteiger partial charge in [0.25, 0.3) is 5.91 Å². The van der Waals surface area contributed by atoms with Crippen molar-refractivity contribution in [3.8, 4) is 17.6 Å². The molecule has 128 valence electrons. The Morgan fingerprint density at radius 3 is 2.60 bits per heavy atom. The van der Waals surface area contributed by atoms with Gasteiger partial charge in [-0.3, -0.25) is 4.79 Å². The molecule has 0 bridgehead atoms. The number of piperidine rings is 1. The van der Waals surface area contributed by atoms with Crippen molar-refractivity contribution in [3.05, 3.63) is 59.7 Å². The van der Waals surface area contributed by atoms with Crippen LogP contribution in [0.5, 0.6) is 11.5 Å². The maximum absolute atomic E-state index is 12.9. The predicted octanol–water partition coefficient (Wildman–Crippen LogP) is 3.19. The molecule has 1 fully saturated rings. The summed E-state index contributed by atoms with van der Waals surface area (Å²) in [5.74, 6) is 0.843. The van der Waals surface area contributed by atoms with Gasteiger partial charge in [0.15, 0.2) is 0 Å². The topological polar surface area (TPSA) is 73.6 Å². The van der Waals surface area contributed by atoms with E-state index in [4.69, 9.17) is 4.74 Å². The molecule has 2 unspecified atom stereocenters. The summed E-state index contributed by atoms with van der Waals surface area (Å²) in [5, 5.41) is 19.3. The molecule has 5 nitrogen and oxygen atoms in total. The van der Waals surface area contributed by atoms with Gasteiger partial charge in [0, 0.05) is 13.1 Å². The number of ether oxygens (including phenoxy) is 1. The number of carbonyl (C=O) groups is 1. The molecule has 1 heterocycles. The Kier molecular flexibility index (Phi) is 5.01. The Morgan fingerprint density at radius 1 is 1.20 bits per heavy atom. The van der Waals surface area contributed by atoms with Crippen molar-refractivity contribution >= 4 is 5.91 Å². The number of rotatable bonds is 3. The van der Waals surface area contributed by atoms with Crippen molar-refractivity contribution in [2.24, 2.45) is 5.92 Å². The predicted molar refractivity (Wildman–Crippen MR) is 93.4 cm³/mol. The zero-order chi connectivity index (χ0) is 17.8. The van der Waals surface area contributed by atoms with Crippen LogP contribution in [0.2, 0.25) is 0 Å². The third kappa shape index (κ3) is 3.65. The number of likely N-dealkylation sites (tertiary alicyclic amines) is 1. The lowest BCUT2D eigenvalue weighted by Crippen LogP contribution is -2.45. The normalized spacial score (nSPS) is 20.0. The number of amides is 1. The number of β-amino-alcohol motifs (C(OH)–C–C–N with tert-alkyl or cyclic N) is 1. The number of aliphatic hydroxyl groups excluding tert-OH is 1. The molecule has 1 aliphatic heterocycles. The van der Waals surface area contributed by atoms with Crippen LogP contribution in [-0.4, -0.2) is 35.1 Å². The summed E-state index contributed by atoms with van der Waals surface area (Å²) in [6.45, 7) is 2.92. The maximum Gasteiger partial charge on any atom is 0.257 e. The molecule has 0 aliphatic carbocycles. The molecule has 1 saturated heterocycles. The van der Waals surface area contributed by atoms with Crippen molar-refractivity contribution in [1.29, 1.82) is 5.26 Å². The minimum absolute atomic E-state index is 0.170. The summed E-state index contributed by atoms with van der Waals surface area (Å²) in [5.41, 5.74) is 0.837. The van der Waals surface area contributed by atoms with Gasteiger partial charge in [-0.15, -0.1) is 0 Å². The summed E-state index contributed by atoms with van der Waals surface area (Å²) in [7, 11) is 0. The number of para-hydroxylation sites is 2. The zero-order valence-electron chi connectivity index (χ0n) is 14.1. The molecule has 1 aliphatic rings. The van der Waals surface area contributed by atoms with Gasteiger partial charge >= 0.3 is 0 Å². The number of benzene rings is 2. The Morgan fingerprint density at radius 2 is 1.88 bits per heavy atom. The van der Waals surface area contributed by atoms with Crippen LogP contribution in [0, 0.1) is 17.2 Å². The van der Waals surface area contributed by atoms with E-state index in [-0.39, 0.29) is 11.8 Å². The first kappa shape index (κ1) is 17.0. The minimum atomic E-state index is -0.509. The van der Waals surface area contributed by atoms with Gasteiger partial charge in [0.2, 0.25) is 0 Å². The second-order valence-electron chi connectivity index (χ2n) is 6.29. The van der Waals surface area contributed by atoms with E-state index in [1.165, 1.54) is 0 Å². The Labute approximate surface area is 147 Å². The molecule has 5 heteroatoms. The molecular weight excluding hydrogens is 316 g/mol. The van der Waals surface area contributed by atoms with Gasteiger partial charge in [0.1, 0.15) is 17.6 Å². The van der Waals surface area contributed by atoms with E-state index < -0.39 is 6.10 Å². The van der Waals surface area contributed by atoms with Crippen LogP contribution in [0.1, 0.15) is 29.3 Å². The van der Waals surface area contributed by atoms with Crippen molar-refractivity contribution in [2.45, 2.75) is 19.4 Å². The van der Waals surface area contributed by atoms with E-state index in [1.54, 1.807) is 53.4 Å². The lowest BCUT2D eigenvalue weighted by Gasteiger charge is -2.34. The highest BCUT2D eigenvalue weighted by molar-refractivity contribution is 5.97. The van der Waals surface area contributed by atoms with Gasteiger partial charge in [-0.1, -0.05) is 31.2 Å². The summed E-state index contributed by atoms with van der Waals surface area (Å²) in [4.78, 5) is 14.5. The summed E-state index contributed by atoms with van der Waals surface area (Å²) >= 11 is 0. The van der Waals surface area contributed by atoms with Crippen LogP contribution in [-0.2, 0) is 0 Å². The molecule has 0 radical (unpaired) electrons. The van der Waals surface area contributed by atoms with Gasteiger partial charge < -0.3 is 14.7 Å². The van der Waals surface area contributed by atoms with Crippen LogP contribution in [0.15, 0.2) is 48.5 Å². The molecule has 2 aromatic carbocycles. The fourth-order valence-corrected chi connectivity index (χ4v) is 2.90. The number of carbonyl (C=O) groups excluding carboxylic acids is 1. The smallest absolute Gasteiger partial charge is 0.257 e. The van der Waals surface area contributed by atoms with Crippen molar-refractivity contribution in [3.63, 3.8) is 0 Å². The first-order valence-electron chi connectivity index (χ1n) is 8.33. The Hall–Kier alpha value is -2.84. The maximum atomic E-state index is 12.9. The van der Waals surface area contributed by atoms with Crippen LogP contribution in [0.4, 0.5) is 0 Å². The summed E-state index contributed by atoms with van der Waals surface area (Å²) < 4.78 is 5.86. The second kappa shape index (κ2) is 7.37. The quantitative estimate of drug-likeness (QED) is 0.934. The van der Waals surface area contributed by atoms with E-state index >= 15 is 0 Å². The number of hydrogen-bond acceptors (Lipinski definition) is 4. The van der Waals surface area contributed by atoms with E-state index in [2.05, 4.69) is 6.07 Å². The molecule has 0 aromatic heterocycles. The van der Waals surface area contributed by atoms with Crippen molar-refractivity contribution in [1.82, 2.24) is 4.90 Å². The van der Waals surface area contributed by atoms with E-state index in [1.807, 2.05) is 6.92 Å². The zero-order valence-corrected chi connectivity index (χ0v) is 14.1. The SMILES string of the molecule is CC1CCN(C(=O)c2ccccc2Oc2ccccc2C#N)CC1O. The lowest BCUT2D eigenvalue weighted by atomic mass is 9.95. The van der Waals surface area contributed by atoms with Crippen LogP contribution < -0.4 is 4.74 Å². The van der Waals surface area contributed by atoms with Crippen LogP contribution in [0.3, 0.4) is 0 Å². The highest BCUT2D eigenvalue weighted by Gasteiger charge is 2.29. The molecule has 2 atom stereocenters. The molecule has 3 rings (SSSR count). The third-order valence-corrected chi connectivity index (χ3v) is 4.55. The second-order valence-corrected chi connectivity index (χ2v) is 6.29. The van der Waals surface area contributed by atoms with Gasteiger partial charge in [-0.25, -0.2) is 0 Å². The molecule has 25 heavy (non-hydrogen) atoms. The largest absolute Gasteiger partial charge is 0.455 e. The van der Waals surface area contributed by atoms with Gasteiger partial charge in [0.05, 0.1) is 17.2 Å². The number of nitriles is 1. The highest BCUT2D eigenvalue weighted by Crippen LogP contribution is 2.29. The molecule has 1 N–H and O–H groups in total. The van der Waals surface area contributed by atoms with Crippen molar-refractivity contribution in [2.75, 3.05) is 13.1 Å². The molecule has 2 aromatic rings. The first-order chi connectivity index (χ1) is 12.1. The lowest BCUT2D eigenvalue weighted by molar-refractivity contribution is 0.0247. The fourth-order valence-electron chi connectivity index (χ4n) is 2.90. The monoisotopic (exact) mass is 336 g/mol.